The first kappa shape index (κ1) is 18.2. The molecule has 23 heavy (non-hydrogen) atoms. The summed E-state index contributed by atoms with van der Waals surface area (Å²) in [5.74, 6) is -1.61. The van der Waals surface area contributed by atoms with Gasteiger partial charge in [0, 0.05) is 19.5 Å². The van der Waals surface area contributed by atoms with E-state index in [9.17, 15) is 18.0 Å². The van der Waals surface area contributed by atoms with E-state index in [0.717, 1.165) is 5.01 Å². The molecule has 2 rings (SSSR count). The maximum atomic E-state index is 13.1. The van der Waals surface area contributed by atoms with Crippen molar-refractivity contribution in [2.45, 2.75) is 39.8 Å². The molecule has 0 aliphatic carbocycles. The summed E-state index contributed by atoms with van der Waals surface area (Å²) in [6, 6.07) is 0. The lowest BCUT2D eigenvalue weighted by atomic mass is 9.73. The van der Waals surface area contributed by atoms with Gasteiger partial charge in [-0.15, -0.1) is 11.3 Å². The van der Waals surface area contributed by atoms with Gasteiger partial charge >= 0.3 is 6.18 Å². The summed E-state index contributed by atoms with van der Waals surface area (Å²) >= 11 is 1.29. The summed E-state index contributed by atoms with van der Waals surface area (Å²) in [5, 5.41) is 0.790. The van der Waals surface area contributed by atoms with Gasteiger partial charge in [-0.3, -0.25) is 4.79 Å². The van der Waals surface area contributed by atoms with Crippen LogP contribution in [0.5, 0.6) is 0 Å². The third-order valence-corrected chi connectivity index (χ3v) is 5.51. The standard InChI is InChI=1S/C15H22F3N3OS/c1-9-12(23-11(20-9)4-6-19)13(22)21-7-5-10(15(16,17)18)14(2,3)8-21/h10H,4-8,19H2,1-3H3. The van der Waals surface area contributed by atoms with E-state index in [1.54, 1.807) is 20.8 Å². The van der Waals surface area contributed by atoms with Crippen molar-refractivity contribution in [3.8, 4) is 0 Å². The lowest BCUT2D eigenvalue weighted by Gasteiger charge is -2.44. The largest absolute Gasteiger partial charge is 0.392 e. The van der Waals surface area contributed by atoms with Gasteiger partial charge in [-0.05, 0) is 25.3 Å². The minimum Gasteiger partial charge on any atom is -0.337 e. The predicted molar refractivity (Wildman–Crippen MR) is 83.5 cm³/mol. The highest BCUT2D eigenvalue weighted by molar-refractivity contribution is 7.13. The number of thiazole rings is 1. The van der Waals surface area contributed by atoms with E-state index in [1.165, 1.54) is 16.2 Å². The summed E-state index contributed by atoms with van der Waals surface area (Å²) in [4.78, 5) is 19.0. The number of aromatic nitrogens is 1. The first-order valence-corrected chi connectivity index (χ1v) is 8.40. The van der Waals surface area contributed by atoms with Crippen LogP contribution in [0.4, 0.5) is 13.2 Å². The Morgan fingerprint density at radius 2 is 2.13 bits per heavy atom. The summed E-state index contributed by atoms with van der Waals surface area (Å²) in [6.07, 6.45) is -3.69. The molecule has 1 aromatic heterocycles. The molecule has 0 saturated carbocycles. The fourth-order valence-electron chi connectivity index (χ4n) is 3.16. The number of halogens is 3. The molecule has 0 spiro atoms. The number of amides is 1. The molecule has 1 aliphatic rings. The second kappa shape index (κ2) is 6.39. The highest BCUT2D eigenvalue weighted by Gasteiger charge is 2.51. The van der Waals surface area contributed by atoms with E-state index < -0.39 is 17.5 Å². The van der Waals surface area contributed by atoms with Gasteiger partial charge in [-0.1, -0.05) is 13.8 Å². The van der Waals surface area contributed by atoms with Crippen LogP contribution in [-0.2, 0) is 6.42 Å². The van der Waals surface area contributed by atoms with Crippen LogP contribution in [0.25, 0.3) is 0 Å². The third-order valence-electron chi connectivity index (χ3n) is 4.31. The van der Waals surface area contributed by atoms with Crippen molar-refractivity contribution in [3.63, 3.8) is 0 Å². The van der Waals surface area contributed by atoms with E-state index in [4.69, 9.17) is 5.73 Å². The Kier molecular flexibility index (Phi) is 5.06. The Morgan fingerprint density at radius 3 is 2.65 bits per heavy atom. The number of aryl methyl sites for hydroxylation is 1. The monoisotopic (exact) mass is 349 g/mol. The highest BCUT2D eigenvalue weighted by Crippen LogP contribution is 2.45. The van der Waals surface area contributed by atoms with Gasteiger partial charge < -0.3 is 10.6 Å². The van der Waals surface area contributed by atoms with E-state index in [-0.39, 0.29) is 25.4 Å². The summed E-state index contributed by atoms with van der Waals surface area (Å²) in [6.45, 7) is 5.56. The maximum Gasteiger partial charge on any atom is 0.392 e. The number of nitrogens with two attached hydrogens (primary N) is 1. The summed E-state index contributed by atoms with van der Waals surface area (Å²) in [5.41, 5.74) is 5.12. The van der Waals surface area contributed by atoms with Crippen molar-refractivity contribution in [1.29, 1.82) is 0 Å². The first-order valence-electron chi connectivity index (χ1n) is 7.58. The van der Waals surface area contributed by atoms with Gasteiger partial charge in [0.15, 0.2) is 0 Å². The molecule has 1 amide bonds. The summed E-state index contributed by atoms with van der Waals surface area (Å²) < 4.78 is 39.4. The highest BCUT2D eigenvalue weighted by atomic mass is 32.1. The zero-order chi connectivity index (χ0) is 17.4. The molecule has 0 aromatic carbocycles. The number of carbonyl (C=O) groups is 1. The van der Waals surface area contributed by atoms with E-state index >= 15 is 0 Å². The number of piperidine rings is 1. The van der Waals surface area contributed by atoms with Crippen LogP contribution >= 0.6 is 11.3 Å². The molecule has 130 valence electrons. The zero-order valence-corrected chi connectivity index (χ0v) is 14.4. The van der Waals surface area contributed by atoms with Crippen LogP contribution in [0.1, 0.15) is 40.6 Å². The number of alkyl halides is 3. The van der Waals surface area contributed by atoms with Crippen LogP contribution in [0.2, 0.25) is 0 Å². The van der Waals surface area contributed by atoms with Crippen LogP contribution < -0.4 is 5.73 Å². The lowest BCUT2D eigenvalue weighted by molar-refractivity contribution is -0.214. The van der Waals surface area contributed by atoms with Crippen molar-refractivity contribution < 1.29 is 18.0 Å². The third kappa shape index (κ3) is 3.85. The fraction of sp³-hybridized carbons (Fsp3) is 0.733. The normalized spacial score (nSPS) is 21.5. The fourth-order valence-corrected chi connectivity index (χ4v) is 4.21. The molecule has 2 heterocycles. The van der Waals surface area contributed by atoms with Crippen LogP contribution in [0, 0.1) is 18.3 Å². The Morgan fingerprint density at radius 1 is 1.48 bits per heavy atom. The van der Waals surface area contributed by atoms with Crippen LogP contribution in [-0.4, -0.2) is 41.6 Å². The van der Waals surface area contributed by atoms with Crippen molar-refractivity contribution in [1.82, 2.24) is 9.88 Å². The number of nitrogens with zero attached hydrogens (tertiary/aromatic N) is 2. The Hall–Kier alpha value is -1.15. The van der Waals surface area contributed by atoms with Gasteiger partial charge in [0.2, 0.25) is 0 Å². The molecule has 1 atom stereocenters. The number of likely N-dealkylation sites (tertiary alicyclic amines) is 1. The quantitative estimate of drug-likeness (QED) is 0.913. The van der Waals surface area contributed by atoms with Crippen molar-refractivity contribution >= 4 is 17.2 Å². The van der Waals surface area contributed by atoms with Gasteiger partial charge in [-0.25, -0.2) is 4.98 Å². The van der Waals surface area contributed by atoms with Crippen molar-refractivity contribution in [2.24, 2.45) is 17.1 Å². The van der Waals surface area contributed by atoms with E-state index in [0.29, 0.717) is 23.5 Å². The number of carbonyl (C=O) groups excluding carboxylic acids is 1. The first-order chi connectivity index (χ1) is 10.6. The van der Waals surface area contributed by atoms with Gasteiger partial charge in [0.1, 0.15) is 4.88 Å². The number of rotatable bonds is 3. The molecule has 1 unspecified atom stereocenters. The van der Waals surface area contributed by atoms with Crippen molar-refractivity contribution in [3.05, 3.63) is 15.6 Å². The molecule has 0 radical (unpaired) electrons. The van der Waals surface area contributed by atoms with E-state index in [2.05, 4.69) is 4.98 Å². The molecule has 1 saturated heterocycles. The average molecular weight is 349 g/mol. The molecule has 1 aromatic rings. The second-order valence-corrected chi connectivity index (χ2v) is 7.74. The molecule has 1 aliphatic heterocycles. The Labute approximate surface area is 137 Å². The van der Waals surface area contributed by atoms with E-state index in [1.807, 2.05) is 0 Å². The Bertz CT molecular complexity index is 583. The molecule has 0 bridgehead atoms. The zero-order valence-electron chi connectivity index (χ0n) is 13.5. The molecular formula is C15H22F3N3OS. The molecule has 4 nitrogen and oxygen atoms in total. The van der Waals surface area contributed by atoms with Gasteiger partial charge in [0.05, 0.1) is 16.6 Å². The summed E-state index contributed by atoms with van der Waals surface area (Å²) in [7, 11) is 0. The van der Waals surface area contributed by atoms with Gasteiger partial charge in [-0.2, -0.15) is 13.2 Å². The van der Waals surface area contributed by atoms with Crippen LogP contribution in [0.3, 0.4) is 0 Å². The van der Waals surface area contributed by atoms with Crippen molar-refractivity contribution in [2.75, 3.05) is 19.6 Å². The minimum absolute atomic E-state index is 0.0598. The second-order valence-electron chi connectivity index (χ2n) is 6.66. The predicted octanol–water partition coefficient (Wildman–Crippen LogP) is 3.00. The molecule has 2 N–H and O–H groups in total. The SMILES string of the molecule is Cc1nc(CCN)sc1C(=O)N1CCC(C(F)(F)F)C(C)(C)C1. The average Bonchev–Trinajstić information content (AvgIpc) is 2.76. The van der Waals surface area contributed by atoms with Crippen LogP contribution in [0.15, 0.2) is 0 Å². The molecule has 8 heteroatoms. The Balaban J connectivity index is 2.16. The molecular weight excluding hydrogens is 327 g/mol. The van der Waals surface area contributed by atoms with Gasteiger partial charge in [0.25, 0.3) is 5.91 Å². The minimum atomic E-state index is -4.23. The number of hydrogen-bond donors (Lipinski definition) is 1. The topological polar surface area (TPSA) is 59.2 Å². The molecule has 1 fully saturated rings. The lowest BCUT2D eigenvalue weighted by Crippen LogP contribution is -2.52. The number of hydrogen-bond acceptors (Lipinski definition) is 4. The maximum absolute atomic E-state index is 13.1. The smallest absolute Gasteiger partial charge is 0.337 e.